The molecule has 0 fully saturated rings. The molecule has 136 valence electrons. The average Bonchev–Trinajstić information content (AvgIpc) is 3.38. The van der Waals surface area contributed by atoms with Crippen molar-refractivity contribution < 1.29 is 14.6 Å². The van der Waals surface area contributed by atoms with E-state index in [0.29, 0.717) is 13.2 Å². The maximum atomic E-state index is 12.1. The van der Waals surface area contributed by atoms with Gasteiger partial charge in [-0.2, -0.15) is 11.3 Å². The maximum absolute atomic E-state index is 12.1. The lowest BCUT2D eigenvalue weighted by Gasteiger charge is -2.27. The smallest absolute Gasteiger partial charge is 0.315 e. The number of rotatable bonds is 8. The fourth-order valence-electron chi connectivity index (χ4n) is 2.47. The van der Waals surface area contributed by atoms with Crippen molar-refractivity contribution in [1.29, 1.82) is 0 Å². The van der Waals surface area contributed by atoms with Crippen LogP contribution in [0.5, 0.6) is 5.75 Å². The Bertz CT molecular complexity index is 755. The Labute approximate surface area is 160 Å². The third-order valence-electron chi connectivity index (χ3n) is 3.83. The quantitative estimate of drug-likeness (QED) is 0.518. The summed E-state index contributed by atoms with van der Waals surface area (Å²) >= 11 is 2.97. The highest BCUT2D eigenvalue weighted by molar-refractivity contribution is 7.10. The van der Waals surface area contributed by atoms with Crippen LogP contribution in [0.1, 0.15) is 10.4 Å². The van der Waals surface area contributed by atoms with Crippen LogP contribution in [0.2, 0.25) is 0 Å². The molecule has 1 atom stereocenters. The van der Waals surface area contributed by atoms with Gasteiger partial charge in [0.25, 0.3) is 0 Å². The number of hydrogen-bond donors (Lipinski definition) is 3. The summed E-state index contributed by atoms with van der Waals surface area (Å²) < 4.78 is 5.53. The Kier molecular flexibility index (Phi) is 6.27. The molecule has 0 aliphatic rings. The molecular weight excluding hydrogens is 368 g/mol. The first-order valence-corrected chi connectivity index (χ1v) is 9.99. The Morgan fingerprint density at radius 1 is 1.08 bits per heavy atom. The third kappa shape index (κ3) is 4.63. The highest BCUT2D eigenvalue weighted by atomic mass is 32.1. The number of ether oxygens (including phenoxy) is 1. The first-order valence-electron chi connectivity index (χ1n) is 8.17. The number of carbonyl (C=O) groups excluding carboxylic acids is 1. The molecule has 3 aromatic rings. The molecule has 2 amide bonds. The Morgan fingerprint density at radius 3 is 2.62 bits per heavy atom. The van der Waals surface area contributed by atoms with Gasteiger partial charge in [0.15, 0.2) is 0 Å². The van der Waals surface area contributed by atoms with E-state index in [2.05, 4.69) is 10.6 Å². The van der Waals surface area contributed by atoms with Crippen LogP contribution in [-0.4, -0.2) is 30.8 Å². The minimum Gasteiger partial charge on any atom is -0.492 e. The Morgan fingerprint density at radius 2 is 1.92 bits per heavy atom. The number of aliphatic hydroxyl groups is 1. The van der Waals surface area contributed by atoms with Crippen LogP contribution in [0.25, 0.3) is 0 Å². The fraction of sp³-hybridized carbons (Fsp3) is 0.211. The summed E-state index contributed by atoms with van der Waals surface area (Å²) in [5.41, 5.74) is -0.455. The Hall–Kier alpha value is -2.35. The zero-order valence-electron chi connectivity index (χ0n) is 14.1. The molecule has 26 heavy (non-hydrogen) atoms. The van der Waals surface area contributed by atoms with E-state index < -0.39 is 5.60 Å². The number of amides is 2. The normalized spacial score (nSPS) is 13.0. The van der Waals surface area contributed by atoms with Crippen LogP contribution in [0.3, 0.4) is 0 Å². The minimum atomic E-state index is -1.23. The topological polar surface area (TPSA) is 70.6 Å². The second-order valence-corrected chi connectivity index (χ2v) is 7.35. The van der Waals surface area contributed by atoms with E-state index in [1.54, 1.807) is 0 Å². The summed E-state index contributed by atoms with van der Waals surface area (Å²) in [5, 5.41) is 22.4. The third-order valence-corrected chi connectivity index (χ3v) is 5.54. The van der Waals surface area contributed by atoms with Crippen LogP contribution in [0.4, 0.5) is 4.79 Å². The molecular formula is C19H20N2O3S2. The predicted molar refractivity (Wildman–Crippen MR) is 105 cm³/mol. The van der Waals surface area contributed by atoms with E-state index in [1.807, 2.05) is 64.7 Å². The summed E-state index contributed by atoms with van der Waals surface area (Å²) in [5.74, 6) is 0.763. The second-order valence-electron chi connectivity index (χ2n) is 5.62. The largest absolute Gasteiger partial charge is 0.492 e. The van der Waals surface area contributed by atoms with E-state index in [1.165, 1.54) is 22.7 Å². The molecule has 0 spiro atoms. The van der Waals surface area contributed by atoms with Crippen molar-refractivity contribution in [2.24, 2.45) is 0 Å². The van der Waals surface area contributed by atoms with E-state index in [4.69, 9.17) is 4.74 Å². The van der Waals surface area contributed by atoms with Crippen molar-refractivity contribution in [3.05, 3.63) is 75.1 Å². The number of hydrogen-bond acceptors (Lipinski definition) is 5. The number of nitrogens with one attached hydrogen (secondary N) is 2. The lowest BCUT2D eigenvalue weighted by molar-refractivity contribution is 0.0863. The van der Waals surface area contributed by atoms with Gasteiger partial charge in [0.1, 0.15) is 18.0 Å². The minimum absolute atomic E-state index is 0.0929. The number of thiophene rings is 2. The highest BCUT2D eigenvalue weighted by Crippen LogP contribution is 2.33. The molecule has 1 aromatic carbocycles. The van der Waals surface area contributed by atoms with Gasteiger partial charge in [-0.1, -0.05) is 24.3 Å². The first kappa shape index (κ1) is 18.4. The summed E-state index contributed by atoms with van der Waals surface area (Å²) in [6, 6.07) is 14.7. The van der Waals surface area contributed by atoms with Gasteiger partial charge >= 0.3 is 6.03 Å². The number of carbonyl (C=O) groups is 1. The van der Waals surface area contributed by atoms with Crippen LogP contribution in [0.15, 0.2) is 64.7 Å². The molecule has 0 unspecified atom stereocenters. The van der Waals surface area contributed by atoms with Crippen molar-refractivity contribution >= 4 is 28.7 Å². The van der Waals surface area contributed by atoms with Crippen LogP contribution in [-0.2, 0) is 5.60 Å². The molecule has 2 aromatic heterocycles. The zero-order chi connectivity index (χ0) is 18.2. The van der Waals surface area contributed by atoms with Crippen molar-refractivity contribution in [2.75, 3.05) is 19.7 Å². The van der Waals surface area contributed by atoms with Gasteiger partial charge in [0.2, 0.25) is 0 Å². The van der Waals surface area contributed by atoms with Gasteiger partial charge in [-0.05, 0) is 40.4 Å². The van der Waals surface area contributed by atoms with Crippen molar-refractivity contribution in [2.45, 2.75) is 5.60 Å². The molecule has 0 saturated carbocycles. The summed E-state index contributed by atoms with van der Waals surface area (Å²) in [6.07, 6.45) is 0. The molecule has 3 rings (SSSR count). The van der Waals surface area contributed by atoms with Crippen LogP contribution in [0, 0.1) is 0 Å². The summed E-state index contributed by atoms with van der Waals surface area (Å²) in [6.45, 7) is 0.837. The van der Waals surface area contributed by atoms with Crippen LogP contribution >= 0.6 is 22.7 Å². The lowest BCUT2D eigenvalue weighted by atomic mass is 9.94. The molecule has 0 aliphatic carbocycles. The fourth-order valence-corrected chi connectivity index (χ4v) is 4.04. The van der Waals surface area contributed by atoms with Crippen molar-refractivity contribution in [3.63, 3.8) is 0 Å². The highest BCUT2D eigenvalue weighted by Gasteiger charge is 2.33. The average molecular weight is 389 g/mol. The lowest BCUT2D eigenvalue weighted by Crippen LogP contribution is -2.45. The van der Waals surface area contributed by atoms with Crippen molar-refractivity contribution in [1.82, 2.24) is 10.6 Å². The standard InChI is InChI=1S/C19H20N2O3S2/c22-18(20-9-10-24-16-5-2-1-3-6-16)21-14-19(23,15-8-12-25-13-15)17-7-4-11-26-17/h1-8,11-13,23H,9-10,14H2,(H2,20,21,22)/t19-/m0/s1. The van der Waals surface area contributed by atoms with E-state index in [9.17, 15) is 9.90 Å². The SMILES string of the molecule is O=C(NCCOc1ccccc1)NC[C@](O)(c1ccsc1)c1cccs1. The first-order chi connectivity index (χ1) is 12.7. The number of para-hydroxylation sites is 1. The molecule has 0 radical (unpaired) electrons. The van der Waals surface area contributed by atoms with Gasteiger partial charge in [-0.3, -0.25) is 0 Å². The van der Waals surface area contributed by atoms with E-state index >= 15 is 0 Å². The van der Waals surface area contributed by atoms with Gasteiger partial charge in [0.05, 0.1) is 13.1 Å². The zero-order valence-corrected chi connectivity index (χ0v) is 15.7. The Balaban J connectivity index is 1.49. The van der Waals surface area contributed by atoms with Crippen molar-refractivity contribution in [3.8, 4) is 5.75 Å². The van der Waals surface area contributed by atoms with Crippen LogP contribution < -0.4 is 15.4 Å². The molecule has 2 heterocycles. The molecule has 0 bridgehead atoms. The predicted octanol–water partition coefficient (Wildman–Crippen LogP) is 3.42. The van der Waals surface area contributed by atoms with E-state index in [-0.39, 0.29) is 12.6 Å². The maximum Gasteiger partial charge on any atom is 0.315 e. The van der Waals surface area contributed by atoms with Gasteiger partial charge < -0.3 is 20.5 Å². The van der Waals surface area contributed by atoms with E-state index in [0.717, 1.165) is 16.2 Å². The molecule has 0 saturated heterocycles. The monoisotopic (exact) mass is 388 g/mol. The molecule has 0 aliphatic heterocycles. The number of urea groups is 1. The molecule has 3 N–H and O–H groups in total. The molecule has 5 nitrogen and oxygen atoms in total. The molecule has 7 heteroatoms. The van der Waals surface area contributed by atoms with Gasteiger partial charge in [0, 0.05) is 10.4 Å². The van der Waals surface area contributed by atoms with Gasteiger partial charge in [-0.25, -0.2) is 4.79 Å². The van der Waals surface area contributed by atoms with Gasteiger partial charge in [-0.15, -0.1) is 11.3 Å². The summed E-state index contributed by atoms with van der Waals surface area (Å²) in [4.78, 5) is 12.9. The summed E-state index contributed by atoms with van der Waals surface area (Å²) in [7, 11) is 0. The second kappa shape index (κ2) is 8.84. The number of benzene rings is 1.